The van der Waals surface area contributed by atoms with Crippen LogP contribution in [-0.4, -0.2) is 57.7 Å². The zero-order chi connectivity index (χ0) is 39.0. The maximum absolute atomic E-state index is 15.1. The summed E-state index contributed by atoms with van der Waals surface area (Å²) in [5, 5.41) is 2.51. The first-order valence-electron chi connectivity index (χ1n) is 20.6. The molecule has 54 heavy (non-hydrogen) atoms. The van der Waals surface area contributed by atoms with Crippen molar-refractivity contribution >= 4 is 24.5 Å². The Hall–Kier alpha value is -2.65. The third-order valence-corrected chi connectivity index (χ3v) is 17.0. The van der Waals surface area contributed by atoms with E-state index in [1.54, 1.807) is 0 Å². The van der Waals surface area contributed by atoms with Gasteiger partial charge in [-0.05, 0) is 92.6 Å². The second-order valence-corrected chi connectivity index (χ2v) is 22.2. The van der Waals surface area contributed by atoms with Crippen molar-refractivity contribution in [2.24, 2.45) is 17.3 Å². The SMILES string of the molecule is CC(CCC[C@H](C)C(OC1CCCCO1)[C@@H](Cc1ccccc1)C(=O)C(C)(C)[C@@H]1CCOC(C)(C)O1)O[Si](c1ccccc1)(c1ccccc1)C(C)(C)C. The molecule has 0 saturated carbocycles. The molecule has 2 saturated heterocycles. The molecule has 5 rings (SSSR count). The van der Waals surface area contributed by atoms with Gasteiger partial charge >= 0.3 is 0 Å². The van der Waals surface area contributed by atoms with Crippen molar-refractivity contribution in [3.05, 3.63) is 96.6 Å². The number of rotatable bonds is 17. The van der Waals surface area contributed by atoms with E-state index >= 15 is 4.79 Å². The van der Waals surface area contributed by atoms with E-state index in [9.17, 15) is 0 Å². The van der Waals surface area contributed by atoms with E-state index in [2.05, 4.69) is 133 Å². The van der Waals surface area contributed by atoms with Gasteiger partial charge in [-0.15, -0.1) is 0 Å². The van der Waals surface area contributed by atoms with Gasteiger partial charge in [0, 0.05) is 18.6 Å². The fourth-order valence-electron chi connectivity index (χ4n) is 8.78. The number of carbonyl (C=O) groups is 1. The molecule has 0 N–H and O–H groups in total. The molecule has 2 aliphatic heterocycles. The highest BCUT2D eigenvalue weighted by molar-refractivity contribution is 6.99. The Morgan fingerprint density at radius 3 is 1.94 bits per heavy atom. The van der Waals surface area contributed by atoms with Crippen molar-refractivity contribution in [1.29, 1.82) is 0 Å². The summed E-state index contributed by atoms with van der Waals surface area (Å²) in [6.45, 7) is 20.8. The Morgan fingerprint density at radius 1 is 0.815 bits per heavy atom. The fraction of sp³-hybridized carbons (Fsp3) is 0.596. The summed E-state index contributed by atoms with van der Waals surface area (Å²) in [6, 6.07) is 32.2. The molecule has 0 aliphatic carbocycles. The smallest absolute Gasteiger partial charge is 0.261 e. The van der Waals surface area contributed by atoms with E-state index in [1.807, 2.05) is 19.9 Å². The summed E-state index contributed by atoms with van der Waals surface area (Å²) >= 11 is 0. The quantitative estimate of drug-likeness (QED) is 0.128. The zero-order valence-electron chi connectivity index (χ0n) is 34.6. The normalized spacial score (nSPS) is 21.9. The van der Waals surface area contributed by atoms with Gasteiger partial charge in [0.05, 0.1) is 24.2 Å². The van der Waals surface area contributed by atoms with Crippen LogP contribution in [0.4, 0.5) is 0 Å². The van der Waals surface area contributed by atoms with E-state index in [1.165, 1.54) is 10.4 Å². The molecule has 0 aromatic heterocycles. The molecule has 0 bridgehead atoms. The minimum Gasteiger partial charge on any atom is -0.405 e. The molecule has 6 nitrogen and oxygen atoms in total. The monoisotopic (exact) mass is 756 g/mol. The van der Waals surface area contributed by atoms with Crippen LogP contribution < -0.4 is 10.4 Å². The van der Waals surface area contributed by atoms with Gasteiger partial charge in [-0.25, -0.2) is 0 Å². The third-order valence-electron chi connectivity index (χ3n) is 11.8. The van der Waals surface area contributed by atoms with Crippen LogP contribution in [0, 0.1) is 17.3 Å². The van der Waals surface area contributed by atoms with Crippen LogP contribution in [0.2, 0.25) is 5.04 Å². The van der Waals surface area contributed by atoms with E-state index in [4.69, 9.17) is 23.4 Å². The second kappa shape index (κ2) is 18.5. The topological polar surface area (TPSA) is 63.2 Å². The van der Waals surface area contributed by atoms with Gasteiger partial charge in [0.25, 0.3) is 8.32 Å². The van der Waals surface area contributed by atoms with Gasteiger partial charge < -0.3 is 23.4 Å². The maximum atomic E-state index is 15.1. The van der Waals surface area contributed by atoms with Gasteiger partial charge in [0.15, 0.2) is 12.1 Å². The Kier molecular flexibility index (Phi) is 14.6. The lowest BCUT2D eigenvalue weighted by atomic mass is 9.70. The van der Waals surface area contributed by atoms with Crippen LogP contribution in [0.5, 0.6) is 0 Å². The largest absolute Gasteiger partial charge is 0.405 e. The number of carbonyl (C=O) groups excluding carboxylic acids is 1. The average molecular weight is 757 g/mol. The number of Topliss-reactive ketones (excluding diaryl/α,β-unsaturated/α-hetero) is 1. The van der Waals surface area contributed by atoms with E-state index in [0.717, 1.165) is 44.1 Å². The summed E-state index contributed by atoms with van der Waals surface area (Å²) in [4.78, 5) is 15.1. The predicted molar refractivity (Wildman–Crippen MR) is 222 cm³/mol. The zero-order valence-corrected chi connectivity index (χ0v) is 35.6. The molecule has 3 aromatic carbocycles. The Balaban J connectivity index is 1.39. The van der Waals surface area contributed by atoms with Crippen LogP contribution >= 0.6 is 0 Å². The van der Waals surface area contributed by atoms with Crippen molar-refractivity contribution in [3.63, 3.8) is 0 Å². The number of benzene rings is 3. The summed E-state index contributed by atoms with van der Waals surface area (Å²) in [6.07, 6.45) is 6.17. The lowest BCUT2D eigenvalue weighted by Crippen LogP contribution is -2.67. The van der Waals surface area contributed by atoms with E-state index in [0.29, 0.717) is 26.1 Å². The van der Waals surface area contributed by atoms with Crippen molar-refractivity contribution in [3.8, 4) is 0 Å². The number of ketones is 1. The molecule has 0 radical (unpaired) electrons. The standard InChI is InChI=1S/C47H68O6Si/c1-35(22-21-23-36(2)53-54(45(3,4)5,38-26-15-11-16-27-38)39-28-17-12-18-29-39)43(51-42-30-19-20-32-49-42)40(34-37-24-13-10-14-25-37)44(48)46(6,7)41-31-33-50-47(8,9)52-41/h10-18,24-29,35-36,40-43H,19-23,30-34H2,1-9H3/t35-,36?,40+,41-,42?,43?/m0/s1. The van der Waals surface area contributed by atoms with Crippen molar-refractivity contribution in [2.45, 2.75) is 149 Å². The second-order valence-electron chi connectivity index (χ2n) is 17.9. The van der Waals surface area contributed by atoms with Crippen molar-refractivity contribution in [1.82, 2.24) is 0 Å². The Morgan fingerprint density at radius 2 is 1.41 bits per heavy atom. The molecule has 2 fully saturated rings. The summed E-state index contributed by atoms with van der Waals surface area (Å²) < 4.78 is 33.0. The Labute approximate surface area is 327 Å². The van der Waals surface area contributed by atoms with Crippen molar-refractivity contribution in [2.75, 3.05) is 13.2 Å². The highest BCUT2D eigenvalue weighted by Gasteiger charge is 2.51. The molecule has 2 heterocycles. The molecular formula is C47H68O6Si. The lowest BCUT2D eigenvalue weighted by molar-refractivity contribution is -0.289. The van der Waals surface area contributed by atoms with Gasteiger partial charge in [0.2, 0.25) is 0 Å². The van der Waals surface area contributed by atoms with Gasteiger partial charge in [-0.3, -0.25) is 4.79 Å². The van der Waals surface area contributed by atoms with Crippen LogP contribution in [0.1, 0.15) is 113 Å². The lowest BCUT2D eigenvalue weighted by Gasteiger charge is -2.45. The average Bonchev–Trinajstić information content (AvgIpc) is 3.15. The number of ether oxygens (including phenoxy) is 4. The number of hydrogen-bond donors (Lipinski definition) is 0. The minimum atomic E-state index is -2.67. The minimum absolute atomic E-state index is 0.0410. The molecule has 0 amide bonds. The molecule has 6 atom stereocenters. The highest BCUT2D eigenvalue weighted by Crippen LogP contribution is 2.41. The molecule has 0 spiro atoms. The van der Waals surface area contributed by atoms with Gasteiger partial charge in [0.1, 0.15) is 5.78 Å². The van der Waals surface area contributed by atoms with Crippen LogP contribution in [0.25, 0.3) is 0 Å². The van der Waals surface area contributed by atoms with Gasteiger partial charge in [-0.2, -0.15) is 0 Å². The number of hydrogen-bond acceptors (Lipinski definition) is 6. The molecule has 3 unspecified atom stereocenters. The fourth-order valence-corrected chi connectivity index (χ4v) is 13.5. The summed E-state index contributed by atoms with van der Waals surface area (Å²) in [5.41, 5.74) is 0.394. The maximum Gasteiger partial charge on any atom is 0.261 e. The van der Waals surface area contributed by atoms with Crippen LogP contribution in [0.15, 0.2) is 91.0 Å². The summed E-state index contributed by atoms with van der Waals surface area (Å²) in [5.74, 6) is -0.814. The molecular weight excluding hydrogens is 689 g/mol. The van der Waals surface area contributed by atoms with E-state index in [-0.39, 0.29) is 47.3 Å². The van der Waals surface area contributed by atoms with Crippen LogP contribution in [-0.2, 0) is 34.6 Å². The highest BCUT2D eigenvalue weighted by atomic mass is 28.4. The van der Waals surface area contributed by atoms with Crippen LogP contribution in [0.3, 0.4) is 0 Å². The molecule has 7 heteroatoms. The molecule has 3 aromatic rings. The van der Waals surface area contributed by atoms with Gasteiger partial charge in [-0.1, -0.05) is 139 Å². The first-order chi connectivity index (χ1) is 25.6. The third kappa shape index (κ3) is 10.4. The Bertz CT molecular complexity index is 1520. The summed E-state index contributed by atoms with van der Waals surface area (Å²) in [7, 11) is -2.67. The van der Waals surface area contributed by atoms with Crippen molar-refractivity contribution < 1.29 is 28.2 Å². The molecule has 296 valence electrons. The predicted octanol–water partition coefficient (Wildman–Crippen LogP) is 9.67. The first-order valence-corrected chi connectivity index (χ1v) is 22.5. The first kappa shape index (κ1) is 42.5. The molecule has 2 aliphatic rings. The van der Waals surface area contributed by atoms with E-state index < -0.39 is 19.5 Å².